The highest BCUT2D eigenvalue weighted by atomic mass is 19.2. The number of piperidine rings is 3. The van der Waals surface area contributed by atoms with Gasteiger partial charge in [0.15, 0.2) is 17.5 Å². The third kappa shape index (κ3) is 10.3. The van der Waals surface area contributed by atoms with Gasteiger partial charge in [0.05, 0.1) is 12.0 Å². The number of carbonyl (C=O) groups excluding carboxylic acids is 4. The number of ether oxygens (including phenoxy) is 2. The second-order valence-electron chi connectivity index (χ2n) is 25.6. The summed E-state index contributed by atoms with van der Waals surface area (Å²) in [6, 6.07) is 11.3. The van der Waals surface area contributed by atoms with E-state index in [0.717, 1.165) is 108 Å². The lowest BCUT2D eigenvalue weighted by atomic mass is 9.66. The molecule has 7 fully saturated rings. The molecule has 3 saturated carbocycles. The van der Waals surface area contributed by atoms with Gasteiger partial charge in [0.2, 0.25) is 11.8 Å². The number of amides is 4. The predicted molar refractivity (Wildman–Crippen MR) is 297 cm³/mol. The van der Waals surface area contributed by atoms with Gasteiger partial charge in [0, 0.05) is 104 Å². The zero-order chi connectivity index (χ0) is 55.2. The summed E-state index contributed by atoms with van der Waals surface area (Å²) in [5.74, 6) is -2.34. The molecular formula is C61H71F3N10O6. The number of imide groups is 1. The van der Waals surface area contributed by atoms with Crippen LogP contribution in [0.3, 0.4) is 0 Å². The summed E-state index contributed by atoms with van der Waals surface area (Å²) in [6.45, 7) is 14.4. The maximum absolute atomic E-state index is 17.5. The number of fused-ring (bicyclic) bond motifs is 5. The molecule has 2 N–H and O–H groups in total. The van der Waals surface area contributed by atoms with E-state index in [9.17, 15) is 23.6 Å². The first-order valence-electron chi connectivity index (χ1n) is 29.1. The largest absolute Gasteiger partial charge is 0.463 e. The van der Waals surface area contributed by atoms with Crippen LogP contribution < -0.4 is 25.2 Å². The molecule has 8 aliphatic rings. The number of carbonyl (C=O) groups is 4. The van der Waals surface area contributed by atoms with E-state index in [4.69, 9.17) is 19.4 Å². The lowest BCUT2D eigenvalue weighted by Gasteiger charge is -2.49. The van der Waals surface area contributed by atoms with E-state index in [1.807, 2.05) is 12.1 Å². The highest BCUT2D eigenvalue weighted by Crippen LogP contribution is 2.50. The van der Waals surface area contributed by atoms with Gasteiger partial charge in [-0.05, 0) is 176 Å². The molecule has 3 atom stereocenters. The number of benzene rings is 3. The Kier molecular flexibility index (Phi) is 13.5. The molecule has 1 spiro atoms. The van der Waals surface area contributed by atoms with Crippen LogP contribution in [-0.2, 0) is 20.9 Å². The standard InChI is InChI=1S/C61H71F3N10O6/c1-59(2,3)80-58(78)66-40-27-38-6-9-46(62)50(63)49(38)44(29-40)52-51(64)53-45(30-65-52)54(73-31-36-4-5-37(26-36)32-73)69-57(68-53)79-35-61(16-17-61)34-70-20-18-60(19-21-70)14-12-41(13-15-60)71-22-24-72(25-23-71)42-7-8-43-39(28-42)33-74(56(43)77)47-10-11-48(75)67-55(47)76/h6-9,27-30,36-37,41,47H,4-5,10-26,31-35H2,1-3H3,(H,66,78)(H,67,75,76)/t36?,37?,47-/m0/s1. The van der Waals surface area contributed by atoms with Gasteiger partial charge in [0.25, 0.3) is 5.91 Å². The molecule has 3 aliphatic carbocycles. The van der Waals surface area contributed by atoms with Crippen molar-refractivity contribution in [2.45, 2.75) is 128 Å². The summed E-state index contributed by atoms with van der Waals surface area (Å²) in [6.07, 6.45) is 14.1. The molecule has 16 nitrogen and oxygen atoms in total. The number of hydrogen-bond acceptors (Lipinski definition) is 13. The van der Waals surface area contributed by atoms with Gasteiger partial charge in [-0.25, -0.2) is 18.0 Å². The predicted octanol–water partition coefficient (Wildman–Crippen LogP) is 9.61. The average Bonchev–Trinajstić information content (AvgIpc) is 4.05. The van der Waals surface area contributed by atoms with E-state index in [1.54, 1.807) is 25.7 Å². The molecule has 422 valence electrons. The van der Waals surface area contributed by atoms with Crippen LogP contribution in [-0.4, -0.2) is 137 Å². The van der Waals surface area contributed by atoms with E-state index in [1.165, 1.54) is 62.9 Å². The van der Waals surface area contributed by atoms with E-state index in [-0.39, 0.29) is 68.8 Å². The molecule has 2 bridgehead atoms. The van der Waals surface area contributed by atoms with E-state index < -0.39 is 35.2 Å². The van der Waals surface area contributed by atoms with Gasteiger partial charge in [-0.1, -0.05) is 6.07 Å². The molecule has 5 aromatic rings. The van der Waals surface area contributed by atoms with Crippen molar-refractivity contribution in [1.29, 1.82) is 0 Å². The molecule has 13 rings (SSSR count). The number of nitrogens with one attached hydrogen (secondary N) is 2. The molecule has 80 heavy (non-hydrogen) atoms. The summed E-state index contributed by atoms with van der Waals surface area (Å²) >= 11 is 0. The lowest BCUT2D eigenvalue weighted by molar-refractivity contribution is -0.136. The fourth-order valence-electron chi connectivity index (χ4n) is 14.6. The SMILES string of the molecule is CC(C)(C)OC(=O)Nc1cc(-c2ncc3c(N4CC5CCC(C5)C4)nc(OCC4(CN5CCC6(CCC(N7CCN(c8ccc9c(c8)CN([C@H]8CCC(=O)NC8=O)C9=O)CC7)CC6)CC5)CC4)nc3c2F)c2c(F)c(F)ccc2c1. The number of nitrogens with zero attached hydrogens (tertiary/aromatic N) is 8. The van der Waals surface area contributed by atoms with Crippen LogP contribution in [0.1, 0.15) is 120 Å². The molecule has 4 saturated heterocycles. The molecule has 19 heteroatoms. The number of likely N-dealkylation sites (tertiary alicyclic amines) is 1. The fraction of sp³-hybridized carbons (Fsp3) is 0.557. The number of anilines is 3. The van der Waals surface area contributed by atoms with E-state index in [2.05, 4.69) is 41.3 Å². The van der Waals surface area contributed by atoms with E-state index >= 15 is 8.78 Å². The Bertz CT molecular complexity index is 3290. The summed E-state index contributed by atoms with van der Waals surface area (Å²) in [7, 11) is 0. The first-order chi connectivity index (χ1) is 38.4. The summed E-state index contributed by atoms with van der Waals surface area (Å²) in [4.78, 5) is 76.4. The van der Waals surface area contributed by atoms with Crippen molar-refractivity contribution in [3.05, 3.63) is 77.2 Å². The number of pyridine rings is 1. The van der Waals surface area contributed by atoms with E-state index in [0.29, 0.717) is 59.6 Å². The normalized spacial score (nSPS) is 24.2. The minimum atomic E-state index is -1.16. The Labute approximate surface area is 464 Å². The van der Waals surface area contributed by atoms with Gasteiger partial charge in [0.1, 0.15) is 28.7 Å². The van der Waals surface area contributed by atoms with Crippen LogP contribution in [0.5, 0.6) is 6.01 Å². The topological polar surface area (TPSA) is 166 Å². The minimum Gasteiger partial charge on any atom is -0.463 e. The summed E-state index contributed by atoms with van der Waals surface area (Å²) < 4.78 is 60.3. The first kappa shape index (κ1) is 52.8. The van der Waals surface area contributed by atoms with Gasteiger partial charge in [-0.2, -0.15) is 9.97 Å². The number of halogens is 3. The Morgan fingerprint density at radius 2 is 1.56 bits per heavy atom. The third-order valence-electron chi connectivity index (χ3n) is 19.1. The smallest absolute Gasteiger partial charge is 0.412 e. The molecule has 2 unspecified atom stereocenters. The monoisotopic (exact) mass is 1100 g/mol. The average molecular weight is 1100 g/mol. The van der Waals surface area contributed by atoms with Gasteiger partial charge >= 0.3 is 12.1 Å². The van der Waals surface area contributed by atoms with Crippen molar-refractivity contribution in [3.8, 4) is 17.3 Å². The number of aromatic nitrogens is 3. The van der Waals surface area contributed by atoms with Crippen molar-refractivity contribution in [2.24, 2.45) is 22.7 Å². The van der Waals surface area contributed by atoms with Crippen LogP contribution in [0.15, 0.2) is 48.7 Å². The Hall–Kier alpha value is -6.60. The quantitative estimate of drug-likeness (QED) is 0.120. The van der Waals surface area contributed by atoms with Crippen LogP contribution in [0.4, 0.5) is 35.2 Å². The molecule has 4 amide bonds. The second-order valence-corrected chi connectivity index (χ2v) is 25.6. The fourth-order valence-corrected chi connectivity index (χ4v) is 14.6. The van der Waals surface area contributed by atoms with Crippen LogP contribution in [0.2, 0.25) is 0 Å². The summed E-state index contributed by atoms with van der Waals surface area (Å²) in [5, 5.41) is 5.53. The van der Waals surface area contributed by atoms with Crippen LogP contribution in [0.25, 0.3) is 32.9 Å². The molecule has 3 aromatic carbocycles. The minimum absolute atomic E-state index is 0.0241. The van der Waals surface area contributed by atoms with Crippen LogP contribution >= 0.6 is 0 Å². The van der Waals surface area contributed by atoms with Gasteiger partial charge in [-0.3, -0.25) is 34.9 Å². The third-order valence-corrected chi connectivity index (χ3v) is 19.1. The highest BCUT2D eigenvalue weighted by Gasteiger charge is 2.48. The van der Waals surface area contributed by atoms with Crippen molar-refractivity contribution in [2.75, 3.05) is 80.6 Å². The lowest BCUT2D eigenvalue weighted by Crippen LogP contribution is -2.52. The first-order valence-corrected chi connectivity index (χ1v) is 29.1. The van der Waals surface area contributed by atoms with Gasteiger partial charge in [-0.15, -0.1) is 0 Å². The molecule has 7 heterocycles. The van der Waals surface area contributed by atoms with Gasteiger partial charge < -0.3 is 29.1 Å². The number of hydrogen-bond donors (Lipinski definition) is 2. The number of rotatable bonds is 11. The van der Waals surface area contributed by atoms with Crippen molar-refractivity contribution in [1.82, 2.24) is 35.0 Å². The Morgan fingerprint density at radius 3 is 2.27 bits per heavy atom. The Balaban J connectivity index is 0.649. The molecule has 5 aliphatic heterocycles. The maximum atomic E-state index is 17.5. The molecule has 2 aromatic heterocycles. The summed E-state index contributed by atoms with van der Waals surface area (Å²) in [5.41, 5.74) is 2.06. The highest BCUT2D eigenvalue weighted by molar-refractivity contribution is 6.06. The maximum Gasteiger partial charge on any atom is 0.412 e. The Morgan fingerprint density at radius 1 is 0.812 bits per heavy atom. The van der Waals surface area contributed by atoms with Crippen molar-refractivity contribution >= 4 is 62.7 Å². The van der Waals surface area contributed by atoms with Crippen molar-refractivity contribution < 1.29 is 41.8 Å². The van der Waals surface area contributed by atoms with Crippen LogP contribution in [0, 0.1) is 40.1 Å². The molecular weight excluding hydrogens is 1030 g/mol. The second kappa shape index (κ2) is 20.4. The van der Waals surface area contributed by atoms with Crippen molar-refractivity contribution in [3.63, 3.8) is 0 Å². The zero-order valence-electron chi connectivity index (χ0n) is 46.1. The number of piperazine rings is 1. The zero-order valence-corrected chi connectivity index (χ0v) is 46.1. The molecule has 0 radical (unpaired) electrons.